The van der Waals surface area contributed by atoms with E-state index in [4.69, 9.17) is 0 Å². The average Bonchev–Trinajstić information content (AvgIpc) is 3.41. The minimum absolute atomic E-state index is 0.0807. The molecule has 0 saturated heterocycles. The van der Waals surface area contributed by atoms with Crippen molar-refractivity contribution in [3.63, 3.8) is 0 Å². The molecule has 1 aliphatic carbocycles. The van der Waals surface area contributed by atoms with Gasteiger partial charge in [-0.1, -0.05) is 59.8 Å². The molecule has 26 heavy (non-hydrogen) atoms. The molecular weight excluding hydrogens is 344 g/mol. The van der Waals surface area contributed by atoms with Gasteiger partial charge in [-0.15, -0.1) is 5.10 Å². The molecule has 1 fully saturated rings. The van der Waals surface area contributed by atoms with Gasteiger partial charge in [-0.2, -0.15) is 0 Å². The topological polar surface area (TPSA) is 70.7 Å². The molecule has 3 aromatic rings. The number of carbonyl (C=O) groups excluding carboxylic acids is 1. The Labute approximate surface area is 156 Å². The molecule has 0 bridgehead atoms. The first-order valence-electron chi connectivity index (χ1n) is 8.70. The van der Waals surface area contributed by atoms with Gasteiger partial charge < -0.3 is 5.32 Å². The number of nitrogens with zero attached hydrogens (tertiary/aromatic N) is 2. The summed E-state index contributed by atoms with van der Waals surface area (Å²) in [6.07, 6.45) is 2.32. The van der Waals surface area contributed by atoms with Crippen LogP contribution in [0.1, 0.15) is 41.0 Å². The van der Waals surface area contributed by atoms with Crippen LogP contribution in [0.2, 0.25) is 0 Å². The first-order valence-corrected chi connectivity index (χ1v) is 9.58. The summed E-state index contributed by atoms with van der Waals surface area (Å²) < 4.78 is 0. The second-order valence-corrected chi connectivity index (χ2v) is 7.61. The van der Waals surface area contributed by atoms with Crippen LogP contribution in [-0.4, -0.2) is 21.1 Å². The van der Waals surface area contributed by atoms with Gasteiger partial charge in [-0.05, 0) is 37.5 Å². The van der Waals surface area contributed by atoms with Crippen LogP contribution in [0.15, 0.2) is 59.8 Å². The number of nitrogens with one attached hydrogen (secondary N) is 2. The van der Waals surface area contributed by atoms with Gasteiger partial charge in [0.25, 0.3) is 0 Å². The molecule has 6 heteroatoms. The fourth-order valence-electron chi connectivity index (χ4n) is 2.70. The third-order valence-corrected chi connectivity index (χ3v) is 5.44. The molecule has 2 aromatic carbocycles. The number of benzene rings is 2. The Morgan fingerprint density at radius 2 is 1.88 bits per heavy atom. The normalized spacial score (nSPS) is 14.8. The molecule has 5 nitrogen and oxygen atoms in total. The SMILES string of the molecule is Cc1ccc(NC(=O)C(Sc2n[nH]c(C3CC3)n2)c2ccccc2)cc1. The maximum atomic E-state index is 13.0. The van der Waals surface area contributed by atoms with Crippen LogP contribution < -0.4 is 5.32 Å². The van der Waals surface area contributed by atoms with Crippen LogP contribution >= 0.6 is 11.8 Å². The van der Waals surface area contributed by atoms with Crippen molar-refractivity contribution in [3.05, 3.63) is 71.5 Å². The largest absolute Gasteiger partial charge is 0.325 e. The standard InChI is InChI=1S/C20H20N4OS/c1-13-7-11-16(12-8-13)21-19(25)17(14-5-3-2-4-6-14)26-20-22-18(23-24-20)15-9-10-15/h2-8,11-12,15,17H,9-10H2,1H3,(H,21,25)(H,22,23,24). The smallest absolute Gasteiger partial charge is 0.242 e. The lowest BCUT2D eigenvalue weighted by Gasteiger charge is -2.15. The summed E-state index contributed by atoms with van der Waals surface area (Å²) in [5.74, 6) is 1.36. The van der Waals surface area contributed by atoms with Crippen molar-refractivity contribution in [2.75, 3.05) is 5.32 Å². The summed E-state index contributed by atoms with van der Waals surface area (Å²) in [5, 5.41) is 10.5. The Morgan fingerprint density at radius 3 is 2.58 bits per heavy atom. The van der Waals surface area contributed by atoms with Gasteiger partial charge in [0.15, 0.2) is 0 Å². The summed E-state index contributed by atoms with van der Waals surface area (Å²) in [4.78, 5) is 17.5. The van der Waals surface area contributed by atoms with E-state index >= 15 is 0 Å². The maximum Gasteiger partial charge on any atom is 0.242 e. The third kappa shape index (κ3) is 3.96. The van der Waals surface area contributed by atoms with Gasteiger partial charge in [-0.25, -0.2) is 4.98 Å². The van der Waals surface area contributed by atoms with E-state index in [2.05, 4.69) is 20.5 Å². The molecule has 0 radical (unpaired) electrons. The third-order valence-electron chi connectivity index (χ3n) is 4.33. The molecule has 132 valence electrons. The molecule has 1 heterocycles. The highest BCUT2D eigenvalue weighted by Crippen LogP contribution is 2.40. The summed E-state index contributed by atoms with van der Waals surface area (Å²) in [6.45, 7) is 2.02. The Bertz CT molecular complexity index is 888. The molecule has 1 aromatic heterocycles. The molecule has 0 spiro atoms. The van der Waals surface area contributed by atoms with E-state index in [0.717, 1.165) is 35.5 Å². The Hall–Kier alpha value is -2.60. The van der Waals surface area contributed by atoms with Gasteiger partial charge >= 0.3 is 0 Å². The van der Waals surface area contributed by atoms with Crippen molar-refractivity contribution in [3.8, 4) is 0 Å². The van der Waals surface area contributed by atoms with E-state index < -0.39 is 5.25 Å². The first-order chi connectivity index (χ1) is 12.7. The summed E-state index contributed by atoms with van der Waals surface area (Å²) in [6, 6.07) is 17.5. The molecular formula is C20H20N4OS. The van der Waals surface area contributed by atoms with Gasteiger partial charge in [-0.3, -0.25) is 9.89 Å². The number of aromatic nitrogens is 3. The van der Waals surface area contributed by atoms with Crippen LogP contribution in [0.4, 0.5) is 5.69 Å². The minimum Gasteiger partial charge on any atom is -0.325 e. The second-order valence-electron chi connectivity index (χ2n) is 6.54. The van der Waals surface area contributed by atoms with Crippen molar-refractivity contribution in [1.29, 1.82) is 0 Å². The van der Waals surface area contributed by atoms with Crippen molar-refractivity contribution in [2.45, 2.75) is 36.1 Å². The highest BCUT2D eigenvalue weighted by atomic mass is 32.2. The monoisotopic (exact) mass is 364 g/mol. The number of carbonyl (C=O) groups is 1. The van der Waals surface area contributed by atoms with E-state index in [1.807, 2.05) is 61.5 Å². The number of aryl methyl sites for hydroxylation is 1. The van der Waals surface area contributed by atoms with Crippen molar-refractivity contribution >= 4 is 23.4 Å². The predicted octanol–water partition coefficient (Wildman–Crippen LogP) is 4.46. The Morgan fingerprint density at radius 1 is 1.15 bits per heavy atom. The molecule has 1 unspecified atom stereocenters. The lowest BCUT2D eigenvalue weighted by molar-refractivity contribution is -0.115. The minimum atomic E-state index is -0.416. The fourth-order valence-corrected chi connectivity index (χ4v) is 3.62. The van der Waals surface area contributed by atoms with E-state index in [1.54, 1.807) is 0 Å². The highest BCUT2D eigenvalue weighted by molar-refractivity contribution is 8.00. The maximum absolute atomic E-state index is 13.0. The number of aromatic amines is 1. The van der Waals surface area contributed by atoms with Gasteiger partial charge in [0.1, 0.15) is 11.1 Å². The number of H-pyrrole nitrogens is 1. The highest BCUT2D eigenvalue weighted by Gasteiger charge is 2.29. The zero-order chi connectivity index (χ0) is 17.9. The molecule has 1 atom stereocenters. The fraction of sp³-hybridized carbons (Fsp3) is 0.250. The number of amides is 1. The number of rotatable bonds is 6. The number of thioether (sulfide) groups is 1. The number of hydrogen-bond donors (Lipinski definition) is 2. The van der Waals surface area contributed by atoms with Crippen molar-refractivity contribution in [1.82, 2.24) is 15.2 Å². The molecule has 1 amide bonds. The van der Waals surface area contributed by atoms with E-state index in [1.165, 1.54) is 11.8 Å². The summed E-state index contributed by atoms with van der Waals surface area (Å²) in [7, 11) is 0. The van der Waals surface area contributed by atoms with Gasteiger partial charge in [0.2, 0.25) is 11.1 Å². The van der Waals surface area contributed by atoms with Crippen LogP contribution in [-0.2, 0) is 4.79 Å². The Kier molecular flexibility index (Phi) is 4.75. The van der Waals surface area contributed by atoms with Gasteiger partial charge in [0.05, 0.1) is 0 Å². The van der Waals surface area contributed by atoms with Crippen LogP contribution in [0.5, 0.6) is 0 Å². The second kappa shape index (κ2) is 7.33. The van der Waals surface area contributed by atoms with Gasteiger partial charge in [0, 0.05) is 11.6 Å². The number of anilines is 1. The van der Waals surface area contributed by atoms with Crippen molar-refractivity contribution < 1.29 is 4.79 Å². The molecule has 4 rings (SSSR count). The first kappa shape index (κ1) is 16.8. The average molecular weight is 364 g/mol. The zero-order valence-electron chi connectivity index (χ0n) is 14.5. The molecule has 1 saturated carbocycles. The summed E-state index contributed by atoms with van der Waals surface area (Å²) in [5.41, 5.74) is 2.88. The zero-order valence-corrected chi connectivity index (χ0v) is 15.3. The lowest BCUT2D eigenvalue weighted by Crippen LogP contribution is -2.19. The van der Waals surface area contributed by atoms with E-state index in [-0.39, 0.29) is 5.91 Å². The predicted molar refractivity (Wildman–Crippen MR) is 103 cm³/mol. The quantitative estimate of drug-likeness (QED) is 0.634. The summed E-state index contributed by atoms with van der Waals surface area (Å²) >= 11 is 1.37. The van der Waals surface area contributed by atoms with E-state index in [0.29, 0.717) is 11.1 Å². The van der Waals surface area contributed by atoms with Crippen LogP contribution in [0, 0.1) is 6.92 Å². The molecule has 1 aliphatic rings. The molecule has 2 N–H and O–H groups in total. The van der Waals surface area contributed by atoms with Crippen LogP contribution in [0.25, 0.3) is 0 Å². The Balaban J connectivity index is 1.55. The van der Waals surface area contributed by atoms with Crippen LogP contribution in [0.3, 0.4) is 0 Å². The molecule has 0 aliphatic heterocycles. The van der Waals surface area contributed by atoms with E-state index in [9.17, 15) is 4.79 Å². The number of hydrogen-bond acceptors (Lipinski definition) is 4. The lowest BCUT2D eigenvalue weighted by atomic mass is 10.1. The van der Waals surface area contributed by atoms with Crippen molar-refractivity contribution in [2.24, 2.45) is 0 Å².